The van der Waals surface area contributed by atoms with Gasteiger partial charge in [0.15, 0.2) is 0 Å². The zero-order valence-corrected chi connectivity index (χ0v) is 13.6. The lowest BCUT2D eigenvalue weighted by atomic mass is 10.2. The highest BCUT2D eigenvalue weighted by Gasteiger charge is 2.32. The third-order valence-corrected chi connectivity index (χ3v) is 3.91. The van der Waals surface area contributed by atoms with Crippen molar-refractivity contribution in [3.63, 3.8) is 0 Å². The van der Waals surface area contributed by atoms with Gasteiger partial charge >= 0.3 is 6.18 Å². The van der Waals surface area contributed by atoms with Crippen LogP contribution in [-0.2, 0) is 12.7 Å². The molecule has 0 fully saturated rings. The van der Waals surface area contributed by atoms with Gasteiger partial charge in [-0.15, -0.1) is 0 Å². The molecule has 0 spiro atoms. The van der Waals surface area contributed by atoms with Crippen molar-refractivity contribution in [2.45, 2.75) is 19.6 Å². The summed E-state index contributed by atoms with van der Waals surface area (Å²) >= 11 is 5.62. The summed E-state index contributed by atoms with van der Waals surface area (Å²) in [5.41, 5.74) is -1.06. The molecule has 0 aromatic carbocycles. The minimum Gasteiger partial charge on any atom is -0.308 e. The summed E-state index contributed by atoms with van der Waals surface area (Å²) in [5.74, 6) is 0. The van der Waals surface area contributed by atoms with E-state index >= 15 is 0 Å². The fourth-order valence-electron chi connectivity index (χ4n) is 2.49. The summed E-state index contributed by atoms with van der Waals surface area (Å²) in [6, 6.07) is 6.79. The van der Waals surface area contributed by atoms with Gasteiger partial charge in [-0.3, -0.25) is 14.0 Å². The van der Waals surface area contributed by atoms with Gasteiger partial charge in [0.25, 0.3) is 11.1 Å². The number of aromatic nitrogens is 3. The normalized spacial score (nSPS) is 11.9. The number of hydrogen-bond acceptors (Lipinski definition) is 3. The SMILES string of the molecule is Cc1cccc2nc(Cn3cc(C(F)(F)F)cc(Cl)c3=O)cc(=O)n12. The highest BCUT2D eigenvalue weighted by molar-refractivity contribution is 6.30. The molecule has 3 heterocycles. The van der Waals surface area contributed by atoms with Crippen molar-refractivity contribution in [1.82, 2.24) is 14.0 Å². The second-order valence-corrected chi connectivity index (χ2v) is 5.86. The second kappa shape index (κ2) is 6.03. The second-order valence-electron chi connectivity index (χ2n) is 5.45. The summed E-state index contributed by atoms with van der Waals surface area (Å²) in [6.07, 6.45) is -3.99. The van der Waals surface area contributed by atoms with E-state index in [-0.39, 0.29) is 17.8 Å². The van der Waals surface area contributed by atoms with Gasteiger partial charge in [-0.05, 0) is 25.1 Å². The molecule has 0 amide bonds. The van der Waals surface area contributed by atoms with E-state index in [0.717, 1.165) is 4.57 Å². The maximum Gasteiger partial charge on any atom is 0.417 e. The molecule has 0 bridgehead atoms. The highest BCUT2D eigenvalue weighted by atomic mass is 35.5. The van der Waals surface area contributed by atoms with Gasteiger partial charge in [0.2, 0.25) is 0 Å². The average Bonchev–Trinajstić information content (AvgIpc) is 2.50. The lowest BCUT2D eigenvalue weighted by molar-refractivity contribution is -0.138. The van der Waals surface area contributed by atoms with E-state index in [4.69, 9.17) is 11.6 Å². The Morgan fingerprint density at radius 2 is 1.92 bits per heavy atom. The molecule has 25 heavy (non-hydrogen) atoms. The van der Waals surface area contributed by atoms with Crippen molar-refractivity contribution >= 4 is 17.2 Å². The van der Waals surface area contributed by atoms with Crippen LogP contribution in [0.1, 0.15) is 17.0 Å². The Labute approximate surface area is 143 Å². The van der Waals surface area contributed by atoms with Gasteiger partial charge in [-0.1, -0.05) is 17.7 Å². The number of hydrogen-bond donors (Lipinski definition) is 0. The van der Waals surface area contributed by atoms with Gasteiger partial charge in [0.05, 0.1) is 17.8 Å². The topological polar surface area (TPSA) is 56.4 Å². The van der Waals surface area contributed by atoms with Gasteiger partial charge in [-0.25, -0.2) is 4.98 Å². The Kier molecular flexibility index (Phi) is 4.16. The number of alkyl halides is 3. The zero-order valence-electron chi connectivity index (χ0n) is 12.8. The Morgan fingerprint density at radius 1 is 1.20 bits per heavy atom. The number of rotatable bonds is 2. The first-order valence-electron chi connectivity index (χ1n) is 7.12. The van der Waals surface area contributed by atoms with Crippen LogP contribution in [0, 0.1) is 6.92 Å². The van der Waals surface area contributed by atoms with Crippen molar-refractivity contribution in [2.75, 3.05) is 0 Å². The van der Waals surface area contributed by atoms with E-state index in [1.54, 1.807) is 25.1 Å². The number of nitrogens with zero attached hydrogens (tertiary/aromatic N) is 3. The standard InChI is InChI=1S/C16H11ClF3N3O2/c1-9-3-2-4-13-21-11(6-14(24)23(9)13)8-22-7-10(16(18,19)20)5-12(17)15(22)25/h2-7H,8H2,1H3. The molecule has 0 saturated heterocycles. The third kappa shape index (κ3) is 3.30. The molecule has 0 N–H and O–H groups in total. The number of fused-ring (bicyclic) bond motifs is 1. The zero-order chi connectivity index (χ0) is 18.4. The van der Waals surface area contributed by atoms with Crippen LogP contribution in [0.2, 0.25) is 5.02 Å². The largest absolute Gasteiger partial charge is 0.417 e. The molecule has 0 atom stereocenters. The maximum atomic E-state index is 12.9. The molecule has 0 saturated carbocycles. The Morgan fingerprint density at radius 3 is 2.60 bits per heavy atom. The third-order valence-electron chi connectivity index (χ3n) is 3.64. The number of halogens is 4. The van der Waals surface area contributed by atoms with Gasteiger partial charge in [0.1, 0.15) is 10.7 Å². The summed E-state index contributed by atoms with van der Waals surface area (Å²) in [7, 11) is 0. The van der Waals surface area contributed by atoms with Crippen LogP contribution in [0.4, 0.5) is 13.2 Å². The monoisotopic (exact) mass is 369 g/mol. The molecule has 5 nitrogen and oxygen atoms in total. The summed E-state index contributed by atoms with van der Waals surface area (Å²) in [4.78, 5) is 28.5. The Bertz CT molecular complexity index is 1090. The first kappa shape index (κ1) is 17.2. The molecule has 3 rings (SSSR count). The van der Waals surface area contributed by atoms with E-state index in [9.17, 15) is 22.8 Å². The molecule has 3 aromatic rings. The average molecular weight is 370 g/mol. The lowest BCUT2D eigenvalue weighted by Gasteiger charge is -2.12. The summed E-state index contributed by atoms with van der Waals surface area (Å²) < 4.78 is 40.8. The molecule has 0 aliphatic heterocycles. The molecular weight excluding hydrogens is 359 g/mol. The van der Waals surface area contributed by atoms with Crippen LogP contribution < -0.4 is 11.1 Å². The molecule has 130 valence electrons. The highest BCUT2D eigenvalue weighted by Crippen LogP contribution is 2.29. The predicted octanol–water partition coefficient (Wildman–Crippen LogP) is 2.89. The van der Waals surface area contributed by atoms with Gasteiger partial charge < -0.3 is 4.57 Å². The number of aryl methyl sites for hydroxylation is 1. The minimum atomic E-state index is -4.65. The van der Waals surface area contributed by atoms with Crippen LogP contribution in [0.15, 0.2) is 46.1 Å². The molecule has 3 aromatic heterocycles. The van der Waals surface area contributed by atoms with E-state index < -0.39 is 22.3 Å². The van der Waals surface area contributed by atoms with E-state index in [0.29, 0.717) is 23.6 Å². The molecule has 0 unspecified atom stereocenters. The minimum absolute atomic E-state index is 0.160. The summed E-state index contributed by atoms with van der Waals surface area (Å²) in [5, 5.41) is -0.553. The smallest absolute Gasteiger partial charge is 0.308 e. The first-order valence-corrected chi connectivity index (χ1v) is 7.50. The lowest BCUT2D eigenvalue weighted by Crippen LogP contribution is -2.25. The van der Waals surface area contributed by atoms with Crippen LogP contribution >= 0.6 is 11.6 Å². The van der Waals surface area contributed by atoms with Crippen molar-refractivity contribution in [3.8, 4) is 0 Å². The van der Waals surface area contributed by atoms with Crippen molar-refractivity contribution < 1.29 is 13.2 Å². The van der Waals surface area contributed by atoms with E-state index in [1.165, 1.54) is 10.5 Å². The predicted molar refractivity (Wildman–Crippen MR) is 86.0 cm³/mol. The Hall–Kier alpha value is -2.61. The molecule has 0 aliphatic carbocycles. The molecule has 0 radical (unpaired) electrons. The van der Waals surface area contributed by atoms with Gasteiger partial charge in [0, 0.05) is 18.0 Å². The number of pyridine rings is 2. The fraction of sp³-hybridized carbons (Fsp3) is 0.188. The van der Waals surface area contributed by atoms with Crippen LogP contribution in [0.25, 0.3) is 5.65 Å². The fourth-order valence-corrected chi connectivity index (χ4v) is 2.72. The maximum absolute atomic E-state index is 12.9. The molecular formula is C16H11ClF3N3O2. The molecule has 0 aliphatic rings. The van der Waals surface area contributed by atoms with Crippen LogP contribution in [0.5, 0.6) is 0 Å². The van der Waals surface area contributed by atoms with Crippen molar-refractivity contribution in [1.29, 1.82) is 0 Å². The van der Waals surface area contributed by atoms with Crippen molar-refractivity contribution in [2.24, 2.45) is 0 Å². The van der Waals surface area contributed by atoms with E-state index in [2.05, 4.69) is 4.98 Å². The Balaban J connectivity index is 2.12. The molecule has 9 heteroatoms. The van der Waals surface area contributed by atoms with E-state index in [1.807, 2.05) is 0 Å². The first-order chi connectivity index (χ1) is 11.7. The van der Waals surface area contributed by atoms with Crippen LogP contribution in [-0.4, -0.2) is 14.0 Å². The van der Waals surface area contributed by atoms with Crippen LogP contribution in [0.3, 0.4) is 0 Å². The van der Waals surface area contributed by atoms with Crippen molar-refractivity contribution in [3.05, 3.63) is 79.2 Å². The quantitative estimate of drug-likeness (QED) is 0.698. The summed E-state index contributed by atoms with van der Waals surface area (Å²) in [6.45, 7) is 1.43. The van der Waals surface area contributed by atoms with Gasteiger partial charge in [-0.2, -0.15) is 13.2 Å².